The zero-order valence-corrected chi connectivity index (χ0v) is 12.9. The number of anilines is 1. The van der Waals surface area contributed by atoms with E-state index >= 15 is 0 Å². The molecule has 0 aromatic carbocycles. The molecule has 108 valence electrons. The van der Waals surface area contributed by atoms with Gasteiger partial charge in [0.05, 0.1) is 17.8 Å². The van der Waals surface area contributed by atoms with Crippen LogP contribution in [0.3, 0.4) is 0 Å². The Kier molecular flexibility index (Phi) is 3.65. The number of morpholine rings is 1. The molecule has 0 saturated carbocycles. The van der Waals surface area contributed by atoms with Crippen LogP contribution in [0.15, 0.2) is 6.07 Å². The number of fused-ring (bicyclic) bond motifs is 1. The van der Waals surface area contributed by atoms with Crippen molar-refractivity contribution in [2.75, 3.05) is 18.0 Å². The van der Waals surface area contributed by atoms with Crippen molar-refractivity contribution < 1.29 is 4.74 Å². The van der Waals surface area contributed by atoms with E-state index < -0.39 is 0 Å². The van der Waals surface area contributed by atoms with Crippen LogP contribution in [-0.4, -0.2) is 35.3 Å². The first-order valence-electron chi connectivity index (χ1n) is 7.27. The van der Waals surface area contributed by atoms with Crippen LogP contribution in [0.25, 0.3) is 0 Å². The molecule has 1 saturated heterocycles. The normalized spacial score (nSPS) is 25.6. The number of thiocarbonyl (C=S) groups is 1. The molecule has 2 atom stereocenters. The van der Waals surface area contributed by atoms with Crippen LogP contribution >= 0.6 is 12.2 Å². The molecular formula is C15H21N3OS. The molecule has 5 heteroatoms. The van der Waals surface area contributed by atoms with Gasteiger partial charge in [-0.2, -0.15) is 0 Å². The lowest BCUT2D eigenvalue weighted by atomic mass is 10.1. The lowest BCUT2D eigenvalue weighted by Gasteiger charge is -2.37. The minimum absolute atomic E-state index is 0.202. The first-order valence-corrected chi connectivity index (χ1v) is 7.68. The molecule has 1 aromatic rings. The molecule has 0 spiro atoms. The third-order valence-corrected chi connectivity index (χ3v) is 4.24. The van der Waals surface area contributed by atoms with E-state index in [9.17, 15) is 0 Å². The third-order valence-electron chi connectivity index (χ3n) is 4.02. The zero-order valence-electron chi connectivity index (χ0n) is 12.1. The molecular weight excluding hydrogens is 270 g/mol. The number of rotatable bonds is 2. The number of ether oxygens (including phenoxy) is 1. The molecule has 20 heavy (non-hydrogen) atoms. The summed E-state index contributed by atoms with van der Waals surface area (Å²) in [5.41, 5.74) is 9.36. The number of hydrogen-bond donors (Lipinski definition) is 1. The summed E-state index contributed by atoms with van der Waals surface area (Å²) < 4.78 is 5.80. The number of hydrogen-bond acceptors (Lipinski definition) is 4. The fourth-order valence-electron chi connectivity index (χ4n) is 3.23. The molecule has 4 nitrogen and oxygen atoms in total. The van der Waals surface area contributed by atoms with Gasteiger partial charge in [0.15, 0.2) is 0 Å². The smallest absolute Gasteiger partial charge is 0.139 e. The van der Waals surface area contributed by atoms with Gasteiger partial charge in [-0.3, -0.25) is 0 Å². The molecule has 1 aromatic heterocycles. The van der Waals surface area contributed by atoms with Gasteiger partial charge in [0.2, 0.25) is 0 Å². The van der Waals surface area contributed by atoms with E-state index in [-0.39, 0.29) is 12.2 Å². The molecule has 2 heterocycles. The molecule has 0 radical (unpaired) electrons. The molecule has 1 aliphatic heterocycles. The van der Waals surface area contributed by atoms with E-state index in [1.807, 2.05) is 0 Å². The van der Waals surface area contributed by atoms with E-state index in [0.29, 0.717) is 4.99 Å². The highest BCUT2D eigenvalue weighted by atomic mass is 32.1. The summed E-state index contributed by atoms with van der Waals surface area (Å²) in [6.45, 7) is 5.87. The van der Waals surface area contributed by atoms with Gasteiger partial charge in [0.1, 0.15) is 10.8 Å². The summed E-state index contributed by atoms with van der Waals surface area (Å²) in [4.78, 5) is 7.58. The minimum Gasteiger partial charge on any atom is -0.389 e. The van der Waals surface area contributed by atoms with Crippen molar-refractivity contribution in [2.24, 2.45) is 5.73 Å². The maximum atomic E-state index is 5.92. The van der Waals surface area contributed by atoms with Crippen LogP contribution in [0.2, 0.25) is 0 Å². The Balaban J connectivity index is 2.01. The monoisotopic (exact) mass is 291 g/mol. The molecule has 1 fully saturated rings. The quantitative estimate of drug-likeness (QED) is 0.842. The number of nitrogens with two attached hydrogens (primary N) is 1. The molecule has 0 amide bonds. The topological polar surface area (TPSA) is 51.4 Å². The maximum Gasteiger partial charge on any atom is 0.139 e. The molecule has 2 aliphatic rings. The first kappa shape index (κ1) is 13.8. The van der Waals surface area contributed by atoms with Crippen LogP contribution in [0, 0.1) is 0 Å². The summed E-state index contributed by atoms with van der Waals surface area (Å²) in [5.74, 6) is 0.945. The first-order chi connectivity index (χ1) is 9.54. The van der Waals surface area contributed by atoms with E-state index in [1.54, 1.807) is 0 Å². The number of nitrogens with zero attached hydrogens (tertiary/aromatic N) is 2. The van der Waals surface area contributed by atoms with Crippen molar-refractivity contribution in [2.45, 2.75) is 45.3 Å². The summed E-state index contributed by atoms with van der Waals surface area (Å²) >= 11 is 5.23. The molecule has 0 bridgehead atoms. The second kappa shape index (κ2) is 5.30. The average molecular weight is 291 g/mol. The largest absolute Gasteiger partial charge is 0.389 e. The number of aromatic nitrogens is 1. The molecule has 3 rings (SSSR count). The fraction of sp³-hybridized carbons (Fsp3) is 0.600. The minimum atomic E-state index is 0.202. The Morgan fingerprint density at radius 2 is 2.05 bits per heavy atom. The Hall–Kier alpha value is -1.20. The van der Waals surface area contributed by atoms with Crippen molar-refractivity contribution in [1.29, 1.82) is 0 Å². The number of pyridine rings is 1. The van der Waals surface area contributed by atoms with Gasteiger partial charge in [0.25, 0.3) is 0 Å². The Morgan fingerprint density at radius 3 is 2.70 bits per heavy atom. The van der Waals surface area contributed by atoms with Gasteiger partial charge in [0, 0.05) is 18.8 Å². The van der Waals surface area contributed by atoms with E-state index in [4.69, 9.17) is 27.7 Å². The van der Waals surface area contributed by atoms with Crippen molar-refractivity contribution >= 4 is 23.0 Å². The number of aryl methyl sites for hydroxylation is 2. The van der Waals surface area contributed by atoms with Gasteiger partial charge in [-0.25, -0.2) is 4.98 Å². The summed E-state index contributed by atoms with van der Waals surface area (Å²) in [7, 11) is 0. The van der Waals surface area contributed by atoms with Crippen LogP contribution in [0.4, 0.5) is 5.82 Å². The summed E-state index contributed by atoms with van der Waals surface area (Å²) in [6, 6.07) is 2.15. The lowest BCUT2D eigenvalue weighted by molar-refractivity contribution is -0.00547. The highest BCUT2D eigenvalue weighted by molar-refractivity contribution is 7.80. The third kappa shape index (κ3) is 2.52. The van der Waals surface area contributed by atoms with Crippen molar-refractivity contribution in [3.8, 4) is 0 Å². The fourth-order valence-corrected chi connectivity index (χ4v) is 3.38. The highest BCUT2D eigenvalue weighted by Crippen LogP contribution is 2.29. The van der Waals surface area contributed by atoms with E-state index in [0.717, 1.165) is 37.3 Å². The van der Waals surface area contributed by atoms with Crippen molar-refractivity contribution in [3.63, 3.8) is 0 Å². The van der Waals surface area contributed by atoms with Crippen LogP contribution < -0.4 is 10.6 Å². The van der Waals surface area contributed by atoms with Crippen LogP contribution in [0.1, 0.15) is 37.1 Å². The Bertz CT molecular complexity index is 536. The van der Waals surface area contributed by atoms with E-state index in [2.05, 4.69) is 24.8 Å². The van der Waals surface area contributed by atoms with Gasteiger partial charge in [-0.05, 0) is 44.7 Å². The second-order valence-corrected chi connectivity index (χ2v) is 6.29. The summed E-state index contributed by atoms with van der Waals surface area (Å²) in [6.07, 6.45) is 3.74. The second-order valence-electron chi connectivity index (χ2n) is 5.85. The van der Waals surface area contributed by atoms with Crippen LogP contribution in [-0.2, 0) is 17.6 Å². The molecule has 2 unspecified atom stereocenters. The predicted molar refractivity (Wildman–Crippen MR) is 84.4 cm³/mol. The van der Waals surface area contributed by atoms with Gasteiger partial charge >= 0.3 is 0 Å². The summed E-state index contributed by atoms with van der Waals surface area (Å²) in [5, 5.41) is 0. The maximum absolute atomic E-state index is 5.92. The van der Waals surface area contributed by atoms with Gasteiger partial charge in [-0.1, -0.05) is 12.2 Å². The Labute approximate surface area is 125 Å². The highest BCUT2D eigenvalue weighted by Gasteiger charge is 2.27. The van der Waals surface area contributed by atoms with Gasteiger partial charge in [-0.15, -0.1) is 0 Å². The standard InChI is InChI=1S/C15H21N3OS/c1-9-7-18(8-10(2)19-9)15-12(14(16)20)6-11-4-3-5-13(11)17-15/h6,9-10H,3-5,7-8H2,1-2H3,(H2,16,20). The van der Waals surface area contributed by atoms with Crippen LogP contribution in [0.5, 0.6) is 0 Å². The van der Waals surface area contributed by atoms with Crippen molar-refractivity contribution in [1.82, 2.24) is 4.98 Å². The molecule has 1 aliphatic carbocycles. The average Bonchev–Trinajstić information content (AvgIpc) is 2.83. The van der Waals surface area contributed by atoms with Gasteiger partial charge < -0.3 is 15.4 Å². The van der Waals surface area contributed by atoms with E-state index in [1.165, 1.54) is 17.7 Å². The zero-order chi connectivity index (χ0) is 14.3. The SMILES string of the molecule is CC1CN(c2nc3c(cc2C(N)=S)CCC3)CC(C)O1. The Morgan fingerprint density at radius 1 is 1.35 bits per heavy atom. The van der Waals surface area contributed by atoms with Crippen molar-refractivity contribution in [3.05, 3.63) is 22.9 Å². The lowest BCUT2D eigenvalue weighted by Crippen LogP contribution is -2.46. The molecule has 2 N–H and O–H groups in total. The predicted octanol–water partition coefficient (Wildman–Crippen LogP) is 1.82.